The van der Waals surface area contributed by atoms with Gasteiger partial charge in [-0.15, -0.1) is 0 Å². The quantitative estimate of drug-likeness (QED) is 0.480. The summed E-state index contributed by atoms with van der Waals surface area (Å²) < 4.78 is 0. The molecule has 0 unspecified atom stereocenters. The molecule has 0 saturated carbocycles. The molecular formula is C26H30Cl2N6O2. The van der Waals surface area contributed by atoms with E-state index >= 15 is 0 Å². The molecule has 0 spiro atoms. The highest BCUT2D eigenvalue weighted by Crippen LogP contribution is 2.24. The Labute approximate surface area is 221 Å². The minimum atomic E-state index is -0.421. The van der Waals surface area contributed by atoms with E-state index in [-0.39, 0.29) is 17.7 Å². The second-order valence-corrected chi connectivity index (χ2v) is 10.1. The van der Waals surface area contributed by atoms with Gasteiger partial charge in [0.05, 0.1) is 12.1 Å². The van der Waals surface area contributed by atoms with Crippen LogP contribution in [0.4, 0.5) is 5.82 Å². The molecule has 3 aromatic rings. The molecule has 1 atom stereocenters. The van der Waals surface area contributed by atoms with E-state index in [0.29, 0.717) is 60.0 Å². The first-order valence-corrected chi connectivity index (χ1v) is 12.7. The molecule has 1 aromatic heterocycles. The molecule has 0 aliphatic carbocycles. The monoisotopic (exact) mass is 528 g/mol. The zero-order chi connectivity index (χ0) is 25.8. The van der Waals surface area contributed by atoms with Gasteiger partial charge in [-0.1, -0.05) is 49.2 Å². The van der Waals surface area contributed by atoms with E-state index < -0.39 is 6.04 Å². The second kappa shape index (κ2) is 11.4. The van der Waals surface area contributed by atoms with Crippen LogP contribution < -0.4 is 10.6 Å². The van der Waals surface area contributed by atoms with Crippen LogP contribution in [0.1, 0.15) is 30.0 Å². The van der Waals surface area contributed by atoms with Crippen molar-refractivity contribution < 1.29 is 9.59 Å². The average molecular weight is 529 g/mol. The van der Waals surface area contributed by atoms with Crippen LogP contribution in [0.3, 0.4) is 0 Å². The Hall–Kier alpha value is -2.94. The standard InChI is InChI=1S/C26H30Cl2N6O2/c1-16(2)23(25(35)29-3)32-24-20-6-4-5-7-21(20)30-22(31-24)15-33-8-10-34(11-9-33)26(36)17-12-18(27)14-19(28)13-17/h4-7,12-14,16,23H,8-11,15H2,1-3H3,(H,29,35)(H,30,31,32)/t23-/m0/s1. The van der Waals surface area contributed by atoms with Gasteiger partial charge in [-0.05, 0) is 36.2 Å². The van der Waals surface area contributed by atoms with E-state index in [4.69, 9.17) is 33.2 Å². The van der Waals surface area contributed by atoms with Gasteiger partial charge in [0.15, 0.2) is 0 Å². The third-order valence-electron chi connectivity index (χ3n) is 6.27. The van der Waals surface area contributed by atoms with Crippen LogP contribution in [0.15, 0.2) is 42.5 Å². The van der Waals surface area contributed by atoms with Crippen molar-refractivity contribution in [3.8, 4) is 0 Å². The van der Waals surface area contributed by atoms with Crippen molar-refractivity contribution in [1.29, 1.82) is 0 Å². The predicted molar refractivity (Wildman–Crippen MR) is 143 cm³/mol. The molecule has 2 aromatic carbocycles. The maximum atomic E-state index is 12.9. The lowest BCUT2D eigenvalue weighted by atomic mass is 10.0. The Kier molecular flexibility index (Phi) is 8.28. The van der Waals surface area contributed by atoms with Gasteiger partial charge in [0.1, 0.15) is 17.7 Å². The number of carbonyl (C=O) groups is 2. The minimum absolute atomic E-state index is 0.0714. The molecule has 36 heavy (non-hydrogen) atoms. The second-order valence-electron chi connectivity index (χ2n) is 9.21. The van der Waals surface area contributed by atoms with Crippen molar-refractivity contribution in [3.63, 3.8) is 0 Å². The summed E-state index contributed by atoms with van der Waals surface area (Å²) in [6.07, 6.45) is 0. The Balaban J connectivity index is 1.48. The molecule has 2 heterocycles. The number of aromatic nitrogens is 2. The smallest absolute Gasteiger partial charge is 0.254 e. The molecule has 1 fully saturated rings. The normalized spacial score (nSPS) is 15.2. The van der Waals surface area contributed by atoms with Crippen LogP contribution in [0.2, 0.25) is 10.0 Å². The zero-order valence-electron chi connectivity index (χ0n) is 20.6. The molecule has 190 valence electrons. The molecule has 8 nitrogen and oxygen atoms in total. The summed E-state index contributed by atoms with van der Waals surface area (Å²) in [6.45, 7) is 7.06. The number of carbonyl (C=O) groups excluding carboxylic acids is 2. The fourth-order valence-corrected chi connectivity index (χ4v) is 4.84. The van der Waals surface area contributed by atoms with Crippen molar-refractivity contribution in [3.05, 3.63) is 63.9 Å². The van der Waals surface area contributed by atoms with Crippen LogP contribution in [0, 0.1) is 5.92 Å². The maximum absolute atomic E-state index is 12.9. The Bertz CT molecular complexity index is 1240. The van der Waals surface area contributed by atoms with Gasteiger partial charge in [-0.3, -0.25) is 14.5 Å². The average Bonchev–Trinajstić information content (AvgIpc) is 2.86. The highest BCUT2D eigenvalue weighted by molar-refractivity contribution is 6.35. The lowest BCUT2D eigenvalue weighted by Crippen LogP contribution is -2.48. The molecular weight excluding hydrogens is 499 g/mol. The van der Waals surface area contributed by atoms with Gasteiger partial charge in [0, 0.05) is 54.2 Å². The molecule has 4 rings (SSSR count). The van der Waals surface area contributed by atoms with Crippen molar-refractivity contribution in [2.75, 3.05) is 38.5 Å². The molecule has 0 bridgehead atoms. The van der Waals surface area contributed by atoms with E-state index in [2.05, 4.69) is 15.5 Å². The first-order valence-electron chi connectivity index (χ1n) is 12.0. The third kappa shape index (κ3) is 6.06. The van der Waals surface area contributed by atoms with Crippen LogP contribution >= 0.6 is 23.2 Å². The number of piperazine rings is 1. The number of fused-ring (bicyclic) bond motifs is 1. The lowest BCUT2D eigenvalue weighted by molar-refractivity contribution is -0.122. The van der Waals surface area contributed by atoms with Gasteiger partial charge in [0.25, 0.3) is 5.91 Å². The van der Waals surface area contributed by atoms with E-state index in [1.165, 1.54) is 0 Å². The third-order valence-corrected chi connectivity index (χ3v) is 6.71. The number of halogens is 2. The van der Waals surface area contributed by atoms with Crippen molar-refractivity contribution in [1.82, 2.24) is 25.1 Å². The van der Waals surface area contributed by atoms with Crippen molar-refractivity contribution >= 4 is 51.7 Å². The number of likely N-dealkylation sites (N-methyl/N-ethyl adjacent to an activating group) is 1. The highest BCUT2D eigenvalue weighted by atomic mass is 35.5. The summed E-state index contributed by atoms with van der Waals surface area (Å²) in [5.41, 5.74) is 1.31. The van der Waals surface area contributed by atoms with E-state index in [0.717, 1.165) is 10.9 Å². The van der Waals surface area contributed by atoms with Gasteiger partial charge in [0.2, 0.25) is 5.91 Å². The summed E-state index contributed by atoms with van der Waals surface area (Å²) in [6, 6.07) is 12.3. The van der Waals surface area contributed by atoms with Gasteiger partial charge in [-0.2, -0.15) is 0 Å². The molecule has 1 aliphatic rings. The number of hydrogen-bond donors (Lipinski definition) is 2. The van der Waals surface area contributed by atoms with E-state index in [9.17, 15) is 9.59 Å². The summed E-state index contributed by atoms with van der Waals surface area (Å²) in [5.74, 6) is 1.21. The maximum Gasteiger partial charge on any atom is 0.254 e. The predicted octanol–water partition coefficient (Wildman–Crippen LogP) is 4.08. The fourth-order valence-electron chi connectivity index (χ4n) is 4.31. The number of anilines is 1. The van der Waals surface area contributed by atoms with Crippen LogP contribution in [0.5, 0.6) is 0 Å². The van der Waals surface area contributed by atoms with Crippen LogP contribution in [-0.4, -0.2) is 70.9 Å². The first-order chi connectivity index (χ1) is 17.2. The van der Waals surface area contributed by atoms with Crippen LogP contribution in [0.25, 0.3) is 10.9 Å². The Morgan fingerprint density at radius 1 is 1.00 bits per heavy atom. The minimum Gasteiger partial charge on any atom is -0.358 e. The highest BCUT2D eigenvalue weighted by Gasteiger charge is 2.25. The Morgan fingerprint density at radius 3 is 2.31 bits per heavy atom. The molecule has 10 heteroatoms. The molecule has 2 N–H and O–H groups in total. The summed E-state index contributed by atoms with van der Waals surface area (Å²) in [7, 11) is 1.63. The molecule has 1 saturated heterocycles. The molecule has 0 radical (unpaired) electrons. The number of hydrogen-bond acceptors (Lipinski definition) is 6. The number of para-hydroxylation sites is 1. The summed E-state index contributed by atoms with van der Waals surface area (Å²) >= 11 is 12.1. The Morgan fingerprint density at radius 2 is 1.67 bits per heavy atom. The lowest BCUT2D eigenvalue weighted by Gasteiger charge is -2.34. The number of amides is 2. The van der Waals surface area contributed by atoms with Gasteiger partial charge < -0.3 is 15.5 Å². The largest absolute Gasteiger partial charge is 0.358 e. The van der Waals surface area contributed by atoms with Gasteiger partial charge in [-0.25, -0.2) is 9.97 Å². The van der Waals surface area contributed by atoms with E-state index in [1.807, 2.05) is 43.0 Å². The molecule has 2 amide bonds. The molecule has 1 aliphatic heterocycles. The van der Waals surface area contributed by atoms with Crippen LogP contribution in [-0.2, 0) is 11.3 Å². The van der Waals surface area contributed by atoms with E-state index in [1.54, 1.807) is 25.2 Å². The SMILES string of the molecule is CNC(=O)[C@@H](Nc1nc(CN2CCN(C(=O)c3cc(Cl)cc(Cl)c3)CC2)nc2ccccc12)C(C)C. The first kappa shape index (κ1) is 26.1. The zero-order valence-corrected chi connectivity index (χ0v) is 22.1. The topological polar surface area (TPSA) is 90.5 Å². The number of nitrogens with zero attached hydrogens (tertiary/aromatic N) is 4. The number of benzene rings is 2. The van der Waals surface area contributed by atoms with Crippen molar-refractivity contribution in [2.45, 2.75) is 26.4 Å². The summed E-state index contributed by atoms with van der Waals surface area (Å²) in [5, 5.41) is 7.82. The number of rotatable bonds is 7. The van der Waals surface area contributed by atoms with Crippen molar-refractivity contribution in [2.24, 2.45) is 5.92 Å². The van der Waals surface area contributed by atoms with Gasteiger partial charge >= 0.3 is 0 Å². The summed E-state index contributed by atoms with van der Waals surface area (Å²) in [4.78, 5) is 39.0. The number of nitrogens with one attached hydrogen (secondary N) is 2. The fraction of sp³-hybridized carbons (Fsp3) is 0.385.